The summed E-state index contributed by atoms with van der Waals surface area (Å²) in [6, 6.07) is 0. The van der Waals surface area contributed by atoms with Crippen LogP contribution in [0.25, 0.3) is 0 Å². The zero-order valence-electron chi connectivity index (χ0n) is 10.1. The molecule has 0 fully saturated rings. The van der Waals surface area contributed by atoms with Gasteiger partial charge in [-0.1, -0.05) is 0 Å². The number of hydrogen-bond donors (Lipinski definition) is 0. The van der Waals surface area contributed by atoms with E-state index in [0.29, 0.717) is 0 Å². The number of hydrogen-bond acceptors (Lipinski definition) is 4. The normalized spacial score (nSPS) is 15.1. The molecule has 0 atom stereocenters. The fourth-order valence-corrected chi connectivity index (χ4v) is 6.60. The van der Waals surface area contributed by atoms with Gasteiger partial charge in [-0.15, -0.1) is 0 Å². The second-order valence-electron chi connectivity index (χ2n) is 3.38. The van der Waals surface area contributed by atoms with Crippen LogP contribution in [-0.2, 0) is 13.5 Å². The van der Waals surface area contributed by atoms with Gasteiger partial charge in [0.2, 0.25) is 0 Å². The summed E-state index contributed by atoms with van der Waals surface area (Å²) in [4.78, 5) is 0. The summed E-state index contributed by atoms with van der Waals surface area (Å²) in [6.07, 6.45) is 0. The fraction of sp³-hybridized carbons (Fsp3) is 1.00. The van der Waals surface area contributed by atoms with Crippen LogP contribution in [0.15, 0.2) is 0 Å². The van der Waals surface area contributed by atoms with Crippen LogP contribution in [0.5, 0.6) is 0 Å². The molecule has 0 N–H and O–H groups in total. The van der Waals surface area contributed by atoms with Gasteiger partial charge in [0.05, 0.1) is 0 Å². The summed E-state index contributed by atoms with van der Waals surface area (Å²) in [5.74, 6) is 0. The summed E-state index contributed by atoms with van der Waals surface area (Å²) in [7, 11) is 17.1. The van der Waals surface area contributed by atoms with E-state index in [4.69, 9.17) is 0 Å². The van der Waals surface area contributed by atoms with E-state index in [2.05, 4.69) is 72.2 Å². The van der Waals surface area contributed by atoms with Crippen molar-refractivity contribution in [1.29, 1.82) is 0 Å². The van der Waals surface area contributed by atoms with Gasteiger partial charge < -0.3 is 0 Å². The molecule has 0 amide bonds. The van der Waals surface area contributed by atoms with Gasteiger partial charge in [0.25, 0.3) is 0 Å². The molecule has 0 spiro atoms. The minimum absolute atomic E-state index is 1.43. The van der Waals surface area contributed by atoms with Crippen molar-refractivity contribution in [1.82, 2.24) is 15.8 Å². The summed E-state index contributed by atoms with van der Waals surface area (Å²) in [6.45, 7) is 0. The molecule has 5 heteroatoms. The molecule has 0 bridgehead atoms. The average Bonchev–Trinajstić information content (AvgIpc) is 1.82. The molecule has 0 aromatic heterocycles. The molecule has 13 heavy (non-hydrogen) atoms. The van der Waals surface area contributed by atoms with Crippen molar-refractivity contribution in [3.8, 4) is 0 Å². The molecule has 85 valence electrons. The number of nitrogens with zero attached hydrogens (tertiary/aromatic N) is 4. The fourth-order valence-electron chi connectivity index (χ4n) is 1.60. The Morgan fingerprint density at radius 1 is 0.462 bits per heavy atom. The Kier molecular flexibility index (Phi) is 4.85. The molecule has 0 aromatic rings. The molecule has 0 radical (unpaired) electrons. The average molecular weight is 235 g/mol. The van der Waals surface area contributed by atoms with E-state index in [9.17, 15) is 0 Å². The van der Waals surface area contributed by atoms with Crippen LogP contribution in [-0.4, -0.2) is 72.2 Å². The van der Waals surface area contributed by atoms with E-state index in [-0.39, 0.29) is 0 Å². The first kappa shape index (κ1) is 13.3. The summed E-state index contributed by atoms with van der Waals surface area (Å²) < 4.78 is 9.19. The van der Waals surface area contributed by atoms with E-state index in [0.717, 1.165) is 0 Å². The number of rotatable bonds is 4. The van der Waals surface area contributed by atoms with Crippen LogP contribution >= 0.6 is 0 Å². The molecule has 0 heterocycles. The first-order valence-electron chi connectivity index (χ1n) is 4.17. The summed E-state index contributed by atoms with van der Waals surface area (Å²) in [5.41, 5.74) is 0. The van der Waals surface area contributed by atoms with E-state index < -0.39 is 13.5 Å². The third-order valence-electron chi connectivity index (χ3n) is 1.60. The van der Waals surface area contributed by atoms with E-state index in [1.165, 1.54) is 0 Å². The predicted octanol–water partition coefficient (Wildman–Crippen LogP) is 0.0467. The second-order valence-corrected chi connectivity index (χ2v) is 8.36. The molecule has 0 aliphatic carbocycles. The summed E-state index contributed by atoms with van der Waals surface area (Å²) in [5, 5.41) is 0. The first-order chi connectivity index (χ1) is 5.77. The van der Waals surface area contributed by atoms with Crippen LogP contribution in [0.1, 0.15) is 0 Å². The Balaban J connectivity index is 5.06. The van der Waals surface area contributed by atoms with Crippen LogP contribution < -0.4 is 0 Å². The Morgan fingerprint density at radius 2 is 0.615 bits per heavy atom. The molecular weight excluding hydrogens is 211 g/mol. The minimum atomic E-state index is -1.43. The maximum absolute atomic E-state index is 2.30. The van der Waals surface area contributed by atoms with Crippen LogP contribution in [0.3, 0.4) is 0 Å². The van der Waals surface area contributed by atoms with Gasteiger partial charge in [-0.25, -0.2) is 0 Å². The predicted molar refractivity (Wildman–Crippen MR) is 54.7 cm³/mol. The Labute approximate surface area is 86.1 Å². The van der Waals surface area contributed by atoms with Gasteiger partial charge in [0, 0.05) is 0 Å². The van der Waals surface area contributed by atoms with Crippen LogP contribution in [0.4, 0.5) is 0 Å². The maximum atomic E-state index is 2.30. The molecule has 0 unspecified atom stereocenters. The molecule has 0 saturated carbocycles. The van der Waals surface area contributed by atoms with E-state index in [1.54, 1.807) is 0 Å². The van der Waals surface area contributed by atoms with Crippen molar-refractivity contribution in [3.05, 3.63) is 0 Å². The quantitative estimate of drug-likeness (QED) is 0.682. The van der Waals surface area contributed by atoms with Gasteiger partial charge in [-0.3, -0.25) is 0 Å². The van der Waals surface area contributed by atoms with Crippen molar-refractivity contribution in [2.24, 2.45) is 0 Å². The Bertz CT molecular complexity index is 119. The van der Waals surface area contributed by atoms with Crippen LogP contribution in [0.2, 0.25) is 0 Å². The standard InChI is InChI=1S/4C2H6N.Co/c4*1-3-2;/h4*1-2H3;/q4*-1;+4. The van der Waals surface area contributed by atoms with Crippen molar-refractivity contribution < 1.29 is 13.5 Å². The van der Waals surface area contributed by atoms with Gasteiger partial charge in [-0.2, -0.15) is 0 Å². The molecule has 0 saturated heterocycles. The van der Waals surface area contributed by atoms with Gasteiger partial charge in [0.15, 0.2) is 0 Å². The van der Waals surface area contributed by atoms with E-state index >= 15 is 0 Å². The third kappa shape index (κ3) is 2.23. The topological polar surface area (TPSA) is 13.0 Å². The first-order valence-corrected chi connectivity index (χ1v) is 6.04. The van der Waals surface area contributed by atoms with Crippen LogP contribution in [0, 0.1) is 0 Å². The van der Waals surface area contributed by atoms with Gasteiger partial charge in [-0.05, 0) is 0 Å². The van der Waals surface area contributed by atoms with Crippen molar-refractivity contribution in [2.75, 3.05) is 56.4 Å². The van der Waals surface area contributed by atoms with Crippen molar-refractivity contribution in [2.45, 2.75) is 0 Å². The zero-order chi connectivity index (χ0) is 10.8. The molecule has 0 rings (SSSR count). The van der Waals surface area contributed by atoms with E-state index in [1.807, 2.05) is 0 Å². The molecular formula is C8H24CoN4. The Morgan fingerprint density at radius 3 is 0.615 bits per heavy atom. The molecule has 0 aliphatic heterocycles. The molecule has 0 aliphatic rings. The van der Waals surface area contributed by atoms with Crippen molar-refractivity contribution >= 4 is 0 Å². The van der Waals surface area contributed by atoms with Crippen molar-refractivity contribution in [3.63, 3.8) is 0 Å². The zero-order valence-corrected chi connectivity index (χ0v) is 11.2. The Hall–Kier alpha value is 0.346. The monoisotopic (exact) mass is 235 g/mol. The summed E-state index contributed by atoms with van der Waals surface area (Å²) >= 11 is -1.43. The van der Waals surface area contributed by atoms with Gasteiger partial charge >= 0.3 is 85.7 Å². The third-order valence-corrected chi connectivity index (χ3v) is 6.60. The SMILES string of the molecule is C[N](C)[Co]([N](C)C)([N](C)C)[N](C)C. The molecule has 0 aromatic carbocycles. The second kappa shape index (κ2) is 4.72. The van der Waals surface area contributed by atoms with Gasteiger partial charge in [0.1, 0.15) is 0 Å². The molecule has 4 nitrogen and oxygen atoms in total.